The highest BCUT2D eigenvalue weighted by atomic mass is 32.2. The lowest BCUT2D eigenvalue weighted by molar-refractivity contribution is -0.114. The quantitative estimate of drug-likeness (QED) is 0.576. The van der Waals surface area contributed by atoms with Crippen LogP contribution in [0.5, 0.6) is 0 Å². The van der Waals surface area contributed by atoms with Gasteiger partial charge in [0.1, 0.15) is 5.04 Å². The van der Waals surface area contributed by atoms with E-state index in [9.17, 15) is 4.79 Å². The Kier molecular flexibility index (Phi) is 6.20. The lowest BCUT2D eigenvalue weighted by Gasteiger charge is -2.20. The van der Waals surface area contributed by atoms with E-state index in [0.717, 1.165) is 46.9 Å². The molecule has 0 aliphatic carbocycles. The number of nitrogens with one attached hydrogen (secondary N) is 1. The maximum Gasteiger partial charge on any atom is 0.283 e. The molecule has 1 aromatic heterocycles. The predicted octanol–water partition coefficient (Wildman–Crippen LogP) is 5.71. The summed E-state index contributed by atoms with van der Waals surface area (Å²) in [6, 6.07) is 10.6. The van der Waals surface area contributed by atoms with Crippen LogP contribution in [0.15, 0.2) is 46.0 Å². The number of amidine groups is 2. The second-order valence-electron chi connectivity index (χ2n) is 8.15. The van der Waals surface area contributed by atoms with Gasteiger partial charge in [-0.15, -0.1) is 0 Å². The second kappa shape index (κ2) is 8.90. The van der Waals surface area contributed by atoms with Crippen molar-refractivity contribution in [1.29, 1.82) is 5.41 Å². The number of hydrazone groups is 1. The number of rotatable bonds is 6. The fraction of sp³-hybridized carbons (Fsp3) is 0.360. The molecule has 0 bridgehead atoms. The Labute approximate surface area is 193 Å². The Morgan fingerprint density at radius 1 is 1.12 bits per heavy atom. The van der Waals surface area contributed by atoms with E-state index in [-0.39, 0.29) is 17.3 Å². The van der Waals surface area contributed by atoms with Crippen molar-refractivity contribution in [2.75, 3.05) is 0 Å². The number of aliphatic imine (C=N–C) groups is 1. The number of amides is 1. The maximum absolute atomic E-state index is 12.8. The Balaban J connectivity index is 1.69. The molecule has 1 amide bonds. The van der Waals surface area contributed by atoms with Crippen LogP contribution in [0.4, 0.5) is 0 Å². The van der Waals surface area contributed by atoms with Gasteiger partial charge in [0.25, 0.3) is 5.91 Å². The molecule has 32 heavy (non-hydrogen) atoms. The van der Waals surface area contributed by atoms with E-state index in [1.54, 1.807) is 6.08 Å². The Bertz CT molecular complexity index is 1170. The van der Waals surface area contributed by atoms with Gasteiger partial charge in [0, 0.05) is 23.0 Å². The average Bonchev–Trinajstić information content (AvgIpc) is 3.32. The van der Waals surface area contributed by atoms with Crippen LogP contribution in [0.3, 0.4) is 0 Å². The zero-order chi connectivity index (χ0) is 23.0. The van der Waals surface area contributed by atoms with Crippen molar-refractivity contribution in [2.45, 2.75) is 53.9 Å². The molecule has 1 N–H and O–H groups in total. The summed E-state index contributed by atoms with van der Waals surface area (Å²) >= 11 is 1.41. The largest absolute Gasteiger partial charge is 0.318 e. The third-order valence-corrected chi connectivity index (χ3v) is 7.25. The molecule has 4 rings (SSSR count). The number of thioether (sulfide) groups is 1. The summed E-state index contributed by atoms with van der Waals surface area (Å²) in [4.78, 5) is 17.1. The van der Waals surface area contributed by atoms with Crippen molar-refractivity contribution in [3.8, 4) is 5.69 Å². The fourth-order valence-corrected chi connectivity index (χ4v) is 5.33. The summed E-state index contributed by atoms with van der Waals surface area (Å²) in [6.45, 7) is 10.5. The molecule has 2 aliphatic heterocycles. The third kappa shape index (κ3) is 3.86. The zero-order valence-corrected chi connectivity index (χ0v) is 20.1. The number of nitrogens with zero attached hydrogens (tertiary/aromatic N) is 4. The average molecular weight is 448 g/mol. The molecule has 0 radical (unpaired) electrons. The molecule has 3 heterocycles. The molecule has 166 valence electrons. The fourth-order valence-electron chi connectivity index (χ4n) is 4.18. The molecule has 0 saturated carbocycles. The Morgan fingerprint density at radius 2 is 1.81 bits per heavy atom. The SMILES string of the molecule is CCc1ccc(-n2c(C)cc(/C=C3\C(=N)N4N=C(C(CC)CC)SC4=NC3=O)c2C)cc1. The van der Waals surface area contributed by atoms with E-state index >= 15 is 0 Å². The molecule has 0 saturated heterocycles. The minimum Gasteiger partial charge on any atom is -0.318 e. The molecule has 0 atom stereocenters. The molecular weight excluding hydrogens is 418 g/mol. The minimum atomic E-state index is -0.383. The normalized spacial score (nSPS) is 17.3. The van der Waals surface area contributed by atoms with Crippen molar-refractivity contribution in [3.05, 3.63) is 58.4 Å². The zero-order valence-electron chi connectivity index (χ0n) is 19.3. The number of hydrogen-bond acceptors (Lipinski definition) is 4. The van der Waals surface area contributed by atoms with E-state index < -0.39 is 0 Å². The van der Waals surface area contributed by atoms with Crippen LogP contribution in [-0.4, -0.2) is 31.5 Å². The summed E-state index contributed by atoms with van der Waals surface area (Å²) in [6.07, 6.45) is 4.72. The molecule has 0 unspecified atom stereocenters. The second-order valence-corrected chi connectivity index (χ2v) is 9.14. The molecule has 2 aliphatic rings. The van der Waals surface area contributed by atoms with Crippen LogP contribution >= 0.6 is 11.8 Å². The van der Waals surface area contributed by atoms with Crippen LogP contribution in [0.1, 0.15) is 56.1 Å². The Hall–Kier alpha value is -2.93. The van der Waals surface area contributed by atoms with E-state index in [0.29, 0.717) is 11.1 Å². The van der Waals surface area contributed by atoms with Gasteiger partial charge >= 0.3 is 0 Å². The third-order valence-electron chi connectivity index (χ3n) is 6.18. The lowest BCUT2D eigenvalue weighted by atomic mass is 10.1. The first-order chi connectivity index (χ1) is 15.4. The van der Waals surface area contributed by atoms with Gasteiger partial charge in [-0.05, 0) is 80.3 Å². The molecule has 0 spiro atoms. The number of carbonyl (C=O) groups excluding carboxylic acids is 1. The maximum atomic E-state index is 12.8. The number of aromatic nitrogens is 1. The minimum absolute atomic E-state index is 0.0885. The number of carbonyl (C=O) groups is 1. The van der Waals surface area contributed by atoms with E-state index in [4.69, 9.17) is 5.41 Å². The highest BCUT2D eigenvalue weighted by Gasteiger charge is 2.37. The number of fused-ring (bicyclic) bond motifs is 1. The van der Waals surface area contributed by atoms with Crippen LogP contribution in [0.25, 0.3) is 11.8 Å². The molecule has 7 heteroatoms. The molecule has 2 aromatic rings. The van der Waals surface area contributed by atoms with Crippen LogP contribution in [0, 0.1) is 25.2 Å². The van der Waals surface area contributed by atoms with Gasteiger partial charge in [-0.3, -0.25) is 10.2 Å². The highest BCUT2D eigenvalue weighted by Crippen LogP contribution is 2.33. The van der Waals surface area contributed by atoms with Gasteiger partial charge < -0.3 is 4.57 Å². The summed E-state index contributed by atoms with van der Waals surface area (Å²) in [5.41, 5.74) is 5.65. The van der Waals surface area contributed by atoms with E-state index in [1.165, 1.54) is 22.3 Å². The van der Waals surface area contributed by atoms with Crippen LogP contribution in [0.2, 0.25) is 0 Å². The standard InChI is InChI=1S/C25H29N5OS/c1-6-17-9-11-20(12-10-17)29-15(4)13-19(16(29)5)14-21-22(26)30-25(27-23(21)31)32-24(28-30)18(7-2)8-3/h9-14,18,26H,6-8H2,1-5H3/b21-14+,26-22?. The number of aryl methyl sites for hydroxylation is 2. The first-order valence-electron chi connectivity index (χ1n) is 11.2. The number of benzene rings is 1. The van der Waals surface area contributed by atoms with Gasteiger partial charge in [-0.2, -0.15) is 15.1 Å². The Morgan fingerprint density at radius 3 is 2.44 bits per heavy atom. The van der Waals surface area contributed by atoms with Gasteiger partial charge in [-0.1, -0.05) is 32.9 Å². The topological polar surface area (TPSA) is 73.8 Å². The summed E-state index contributed by atoms with van der Waals surface area (Å²) in [7, 11) is 0. The summed E-state index contributed by atoms with van der Waals surface area (Å²) in [5, 5.41) is 16.2. The summed E-state index contributed by atoms with van der Waals surface area (Å²) < 4.78 is 2.17. The molecule has 6 nitrogen and oxygen atoms in total. The van der Waals surface area contributed by atoms with Crippen molar-refractivity contribution < 1.29 is 4.79 Å². The molecule has 1 aromatic carbocycles. The van der Waals surface area contributed by atoms with E-state index in [2.05, 4.69) is 66.6 Å². The van der Waals surface area contributed by atoms with Crippen LogP contribution in [-0.2, 0) is 11.2 Å². The van der Waals surface area contributed by atoms with Gasteiger partial charge in [0.2, 0.25) is 5.17 Å². The molecule has 0 fully saturated rings. The van der Waals surface area contributed by atoms with Gasteiger partial charge in [-0.25, -0.2) is 0 Å². The smallest absolute Gasteiger partial charge is 0.283 e. The predicted molar refractivity (Wildman–Crippen MR) is 134 cm³/mol. The van der Waals surface area contributed by atoms with Crippen LogP contribution < -0.4 is 0 Å². The monoisotopic (exact) mass is 447 g/mol. The van der Waals surface area contributed by atoms with E-state index in [1.807, 2.05) is 13.0 Å². The van der Waals surface area contributed by atoms with Gasteiger partial charge in [0.15, 0.2) is 5.84 Å². The van der Waals surface area contributed by atoms with Crippen molar-refractivity contribution in [1.82, 2.24) is 9.58 Å². The number of hydrogen-bond donors (Lipinski definition) is 1. The van der Waals surface area contributed by atoms with Crippen molar-refractivity contribution >= 4 is 39.8 Å². The lowest BCUT2D eigenvalue weighted by Crippen LogP contribution is -2.35. The van der Waals surface area contributed by atoms with Crippen molar-refractivity contribution in [2.24, 2.45) is 16.0 Å². The highest BCUT2D eigenvalue weighted by molar-refractivity contribution is 8.27. The van der Waals surface area contributed by atoms with Gasteiger partial charge in [0.05, 0.1) is 5.57 Å². The summed E-state index contributed by atoms with van der Waals surface area (Å²) in [5.74, 6) is 0.0269. The first kappa shape index (κ1) is 22.3. The van der Waals surface area contributed by atoms with Crippen molar-refractivity contribution in [3.63, 3.8) is 0 Å². The molecular formula is C25H29N5OS. The first-order valence-corrected chi connectivity index (χ1v) is 12.0.